The third-order valence-electron chi connectivity index (χ3n) is 2.89. The zero-order valence-corrected chi connectivity index (χ0v) is 12.2. The highest BCUT2D eigenvalue weighted by molar-refractivity contribution is 5.96. The molecule has 9 nitrogen and oxygen atoms in total. The van der Waals surface area contributed by atoms with Crippen molar-refractivity contribution in [3.05, 3.63) is 47.7 Å². The van der Waals surface area contributed by atoms with E-state index in [0.29, 0.717) is 5.69 Å². The number of nitrogens with one attached hydrogen (secondary N) is 2. The third-order valence-corrected chi connectivity index (χ3v) is 2.89. The third kappa shape index (κ3) is 4.19. The maximum atomic E-state index is 11.8. The van der Waals surface area contributed by atoms with Crippen LogP contribution in [-0.2, 0) is 4.79 Å². The van der Waals surface area contributed by atoms with Gasteiger partial charge in [-0.15, -0.1) is 0 Å². The summed E-state index contributed by atoms with van der Waals surface area (Å²) in [5.74, 6) is -3.29. The van der Waals surface area contributed by atoms with Crippen LogP contribution in [0.5, 0.6) is 5.75 Å². The molecule has 5 N–H and O–H groups in total. The van der Waals surface area contributed by atoms with E-state index in [2.05, 4.69) is 15.6 Å². The van der Waals surface area contributed by atoms with E-state index in [4.69, 9.17) is 10.2 Å². The number of benzene rings is 1. The molecule has 0 saturated carbocycles. The van der Waals surface area contributed by atoms with Crippen LogP contribution in [0.15, 0.2) is 36.4 Å². The quantitative estimate of drug-likeness (QED) is 0.527. The molecule has 0 atom stereocenters. The highest BCUT2D eigenvalue weighted by atomic mass is 16.4. The monoisotopic (exact) mass is 331 g/mol. The van der Waals surface area contributed by atoms with Crippen LogP contribution in [0.1, 0.15) is 20.8 Å². The molecule has 2 rings (SSSR count). The van der Waals surface area contributed by atoms with Crippen molar-refractivity contribution in [1.29, 1.82) is 0 Å². The van der Waals surface area contributed by atoms with E-state index in [1.165, 1.54) is 36.4 Å². The normalized spacial score (nSPS) is 10.0. The molecule has 0 aliphatic heterocycles. The summed E-state index contributed by atoms with van der Waals surface area (Å²) in [7, 11) is 0. The number of carbonyl (C=O) groups is 3. The number of rotatable bonds is 6. The van der Waals surface area contributed by atoms with Crippen LogP contribution in [-0.4, -0.2) is 44.7 Å². The van der Waals surface area contributed by atoms with Crippen molar-refractivity contribution in [2.24, 2.45) is 0 Å². The number of aromatic hydroxyl groups is 1. The van der Waals surface area contributed by atoms with Gasteiger partial charge in [-0.1, -0.05) is 0 Å². The molecule has 124 valence electrons. The Labute approximate surface area is 135 Å². The minimum Gasteiger partial charge on any atom is -0.505 e. The highest BCUT2D eigenvalue weighted by Crippen LogP contribution is 2.21. The molecule has 24 heavy (non-hydrogen) atoms. The number of pyridine rings is 1. The van der Waals surface area contributed by atoms with Gasteiger partial charge in [-0.3, -0.25) is 9.59 Å². The molecular weight excluding hydrogens is 318 g/mol. The Morgan fingerprint density at radius 3 is 2.25 bits per heavy atom. The molecule has 0 aliphatic rings. The summed E-state index contributed by atoms with van der Waals surface area (Å²) in [5.41, 5.74) is 0.312. The highest BCUT2D eigenvalue weighted by Gasteiger charge is 2.15. The fourth-order valence-corrected chi connectivity index (χ4v) is 1.77. The summed E-state index contributed by atoms with van der Waals surface area (Å²) in [5, 5.41) is 32.0. The smallest absolute Gasteiger partial charge is 0.335 e. The van der Waals surface area contributed by atoms with E-state index in [1.54, 1.807) is 0 Å². The molecule has 0 fully saturated rings. The number of hydrogen-bond acceptors (Lipinski definition) is 6. The molecule has 9 heteroatoms. The largest absolute Gasteiger partial charge is 0.505 e. The molecule has 1 amide bonds. The summed E-state index contributed by atoms with van der Waals surface area (Å²) in [6.07, 6.45) is 0. The number of carboxylic acids is 2. The van der Waals surface area contributed by atoms with Gasteiger partial charge in [0.2, 0.25) is 0 Å². The second-order valence-corrected chi connectivity index (χ2v) is 4.65. The summed E-state index contributed by atoms with van der Waals surface area (Å²) in [4.78, 5) is 37.0. The molecule has 0 saturated heterocycles. The summed E-state index contributed by atoms with van der Waals surface area (Å²) < 4.78 is 0. The van der Waals surface area contributed by atoms with Gasteiger partial charge in [0.1, 0.15) is 18.1 Å². The van der Waals surface area contributed by atoms with Gasteiger partial charge in [0.25, 0.3) is 5.91 Å². The molecular formula is C15H13N3O6. The molecule has 0 bridgehead atoms. The number of amides is 1. The van der Waals surface area contributed by atoms with E-state index in [-0.39, 0.29) is 17.1 Å². The van der Waals surface area contributed by atoms with Crippen molar-refractivity contribution < 1.29 is 29.7 Å². The van der Waals surface area contributed by atoms with Gasteiger partial charge in [0.15, 0.2) is 5.69 Å². The fraction of sp³-hybridized carbons (Fsp3) is 0.0667. The first kappa shape index (κ1) is 16.7. The lowest BCUT2D eigenvalue weighted by Gasteiger charge is -2.09. The first-order valence-electron chi connectivity index (χ1n) is 6.67. The molecule has 0 radical (unpaired) electrons. The average molecular weight is 331 g/mol. The van der Waals surface area contributed by atoms with Gasteiger partial charge in [0.05, 0.1) is 5.56 Å². The molecule has 0 aliphatic carbocycles. The van der Waals surface area contributed by atoms with Crippen molar-refractivity contribution in [2.45, 2.75) is 0 Å². The predicted molar refractivity (Wildman–Crippen MR) is 82.6 cm³/mol. The lowest BCUT2D eigenvalue weighted by atomic mass is 10.2. The zero-order chi connectivity index (χ0) is 17.7. The summed E-state index contributed by atoms with van der Waals surface area (Å²) >= 11 is 0. The number of carboxylic acid groups (broad SMARTS) is 2. The van der Waals surface area contributed by atoms with Crippen LogP contribution in [0.4, 0.5) is 11.5 Å². The Morgan fingerprint density at radius 1 is 1.00 bits per heavy atom. The average Bonchev–Trinajstić information content (AvgIpc) is 2.55. The molecule has 2 aromatic rings. The first-order chi connectivity index (χ1) is 11.4. The van der Waals surface area contributed by atoms with Gasteiger partial charge >= 0.3 is 11.9 Å². The second-order valence-electron chi connectivity index (χ2n) is 4.65. The van der Waals surface area contributed by atoms with Crippen molar-refractivity contribution >= 4 is 29.4 Å². The van der Waals surface area contributed by atoms with Crippen LogP contribution in [0.25, 0.3) is 0 Å². The summed E-state index contributed by atoms with van der Waals surface area (Å²) in [6.45, 7) is -0.603. The van der Waals surface area contributed by atoms with E-state index in [9.17, 15) is 19.5 Å². The van der Waals surface area contributed by atoms with Crippen molar-refractivity contribution in [3.63, 3.8) is 0 Å². The lowest BCUT2D eigenvalue weighted by Crippen LogP contribution is -2.30. The van der Waals surface area contributed by atoms with Gasteiger partial charge in [-0.2, -0.15) is 0 Å². The number of aromatic nitrogens is 1. The van der Waals surface area contributed by atoms with Crippen LogP contribution < -0.4 is 10.6 Å². The number of carbonyl (C=O) groups excluding carboxylic acids is 1. The van der Waals surface area contributed by atoms with Crippen molar-refractivity contribution in [3.8, 4) is 5.75 Å². The van der Waals surface area contributed by atoms with Crippen molar-refractivity contribution in [1.82, 2.24) is 10.3 Å². The molecule has 0 unspecified atom stereocenters. The molecule has 0 spiro atoms. The van der Waals surface area contributed by atoms with Crippen molar-refractivity contribution in [2.75, 3.05) is 11.9 Å². The van der Waals surface area contributed by atoms with Crippen LogP contribution in [0, 0.1) is 0 Å². The second kappa shape index (κ2) is 7.09. The van der Waals surface area contributed by atoms with Gasteiger partial charge in [-0.05, 0) is 36.4 Å². The van der Waals surface area contributed by atoms with Gasteiger partial charge in [-0.25, -0.2) is 9.78 Å². The Hall–Kier alpha value is -3.62. The number of hydrogen-bond donors (Lipinski definition) is 5. The maximum Gasteiger partial charge on any atom is 0.335 e. The van der Waals surface area contributed by atoms with Gasteiger partial charge < -0.3 is 26.0 Å². The van der Waals surface area contributed by atoms with E-state index >= 15 is 0 Å². The summed E-state index contributed by atoms with van der Waals surface area (Å²) in [6, 6.07) is 8.46. The number of aromatic carboxylic acids is 1. The SMILES string of the molecule is O=C(O)CNC(=O)c1nc(Nc2ccc(C(=O)O)cc2)ccc1O. The Balaban J connectivity index is 2.16. The Bertz CT molecular complexity index is 788. The predicted octanol–water partition coefficient (Wildman–Crippen LogP) is 1.04. The molecule has 1 aromatic heterocycles. The first-order valence-corrected chi connectivity index (χ1v) is 6.67. The number of nitrogens with zero attached hydrogens (tertiary/aromatic N) is 1. The number of anilines is 2. The zero-order valence-electron chi connectivity index (χ0n) is 12.2. The topological polar surface area (TPSA) is 149 Å². The minimum absolute atomic E-state index is 0.118. The van der Waals surface area contributed by atoms with E-state index in [0.717, 1.165) is 0 Å². The number of aliphatic carboxylic acids is 1. The van der Waals surface area contributed by atoms with E-state index in [1.807, 2.05) is 0 Å². The molecule has 1 aromatic carbocycles. The fourth-order valence-electron chi connectivity index (χ4n) is 1.77. The minimum atomic E-state index is -1.23. The lowest BCUT2D eigenvalue weighted by molar-refractivity contribution is -0.135. The Morgan fingerprint density at radius 2 is 1.67 bits per heavy atom. The van der Waals surface area contributed by atoms with E-state index < -0.39 is 30.1 Å². The molecule has 1 heterocycles. The maximum absolute atomic E-state index is 11.8. The van der Waals surface area contributed by atoms with Crippen LogP contribution in [0.2, 0.25) is 0 Å². The standard InChI is InChI=1S/C15H13N3O6/c19-10-5-6-11(18-13(10)14(22)16-7-12(20)21)17-9-3-1-8(2-4-9)15(23)24/h1-6,19H,7H2,(H,16,22)(H,17,18)(H,20,21)(H,23,24). The van der Waals surface area contributed by atoms with Crippen LogP contribution in [0.3, 0.4) is 0 Å². The van der Waals surface area contributed by atoms with Gasteiger partial charge in [0, 0.05) is 5.69 Å². The Kier molecular flexibility index (Phi) is 4.95. The van der Waals surface area contributed by atoms with Crippen LogP contribution >= 0.6 is 0 Å².